The quantitative estimate of drug-likeness (QED) is 0.748. The van der Waals surface area contributed by atoms with Gasteiger partial charge in [-0.2, -0.15) is 0 Å². The van der Waals surface area contributed by atoms with Crippen LogP contribution >= 0.6 is 0 Å². The van der Waals surface area contributed by atoms with Crippen LogP contribution in [0.4, 0.5) is 0 Å². The number of hydrogen-bond donors (Lipinski definition) is 2. The van der Waals surface area contributed by atoms with Crippen LogP contribution in [0.3, 0.4) is 0 Å². The molecule has 2 heterocycles. The number of H-pyrrole nitrogens is 1. The van der Waals surface area contributed by atoms with E-state index in [0.717, 1.165) is 38.9 Å². The fraction of sp³-hybridized carbons (Fsp3) is 0.522. The van der Waals surface area contributed by atoms with Crippen molar-refractivity contribution >= 4 is 16.8 Å². The van der Waals surface area contributed by atoms with E-state index in [1.807, 2.05) is 0 Å². The number of allylic oxidation sites excluding steroid dienone is 1. The SMILES string of the molecule is O=C(CN1CCC(c2c[nH]c3ccccc23)CC1)NCCC1=CCCCC1. The first-order valence-electron chi connectivity index (χ1n) is 10.5. The number of hydrogen-bond acceptors (Lipinski definition) is 2. The molecule has 4 nitrogen and oxygen atoms in total. The Morgan fingerprint density at radius 2 is 2.04 bits per heavy atom. The van der Waals surface area contributed by atoms with Crippen molar-refractivity contribution in [3.63, 3.8) is 0 Å². The zero-order valence-electron chi connectivity index (χ0n) is 16.2. The molecule has 0 saturated carbocycles. The molecule has 0 radical (unpaired) electrons. The number of benzene rings is 1. The summed E-state index contributed by atoms with van der Waals surface area (Å²) in [5, 5.41) is 4.47. The molecule has 4 heteroatoms. The number of nitrogens with zero attached hydrogens (tertiary/aromatic N) is 1. The number of carbonyl (C=O) groups is 1. The van der Waals surface area contributed by atoms with Gasteiger partial charge in [0.2, 0.25) is 5.91 Å². The summed E-state index contributed by atoms with van der Waals surface area (Å²) in [4.78, 5) is 18.0. The Balaban J connectivity index is 1.21. The molecule has 0 bridgehead atoms. The molecule has 0 atom stereocenters. The number of rotatable bonds is 6. The summed E-state index contributed by atoms with van der Waals surface area (Å²) in [7, 11) is 0. The number of para-hydroxylation sites is 1. The Labute approximate surface area is 162 Å². The van der Waals surface area contributed by atoms with Crippen LogP contribution in [-0.4, -0.2) is 42.0 Å². The smallest absolute Gasteiger partial charge is 0.234 e. The molecule has 0 unspecified atom stereocenters. The molecule has 0 spiro atoms. The zero-order valence-corrected chi connectivity index (χ0v) is 16.2. The molecule has 144 valence electrons. The summed E-state index contributed by atoms with van der Waals surface area (Å²) < 4.78 is 0. The second kappa shape index (κ2) is 8.75. The molecule has 2 N–H and O–H groups in total. The fourth-order valence-corrected chi connectivity index (χ4v) is 4.59. The maximum absolute atomic E-state index is 12.3. The van der Waals surface area contributed by atoms with Gasteiger partial charge >= 0.3 is 0 Å². The van der Waals surface area contributed by atoms with E-state index in [9.17, 15) is 4.79 Å². The zero-order chi connectivity index (χ0) is 18.5. The standard InChI is InChI=1S/C23H31N3O/c27-23(24-13-10-18-6-2-1-3-7-18)17-26-14-11-19(12-15-26)21-16-25-22-9-5-4-8-20(21)22/h4-6,8-9,16,19,25H,1-3,7,10-15,17H2,(H,24,27). The monoisotopic (exact) mass is 365 g/mol. The third-order valence-electron chi connectivity index (χ3n) is 6.17. The molecule has 1 aliphatic heterocycles. The van der Waals surface area contributed by atoms with Crippen molar-refractivity contribution in [1.29, 1.82) is 0 Å². The predicted octanol–water partition coefficient (Wildman–Crippen LogP) is 4.35. The first-order valence-corrected chi connectivity index (χ1v) is 10.5. The Bertz CT molecular complexity index is 799. The van der Waals surface area contributed by atoms with E-state index in [-0.39, 0.29) is 5.91 Å². The average Bonchev–Trinajstić information content (AvgIpc) is 3.14. The minimum absolute atomic E-state index is 0.178. The van der Waals surface area contributed by atoms with Crippen molar-refractivity contribution < 1.29 is 4.79 Å². The molecule has 1 amide bonds. The average molecular weight is 366 g/mol. The third-order valence-corrected chi connectivity index (χ3v) is 6.17. The van der Waals surface area contributed by atoms with Crippen molar-refractivity contribution in [3.05, 3.63) is 47.7 Å². The minimum atomic E-state index is 0.178. The molecule has 1 aromatic heterocycles. The molecular formula is C23H31N3O. The molecule has 2 aromatic rings. The molecular weight excluding hydrogens is 334 g/mol. The lowest BCUT2D eigenvalue weighted by Crippen LogP contribution is -2.41. The maximum atomic E-state index is 12.3. The number of amides is 1. The number of carbonyl (C=O) groups excluding carboxylic acids is 1. The van der Waals surface area contributed by atoms with Crippen LogP contribution in [0.25, 0.3) is 10.9 Å². The minimum Gasteiger partial charge on any atom is -0.361 e. The van der Waals surface area contributed by atoms with Crippen LogP contribution in [-0.2, 0) is 4.79 Å². The normalized spacial score (nSPS) is 19.2. The van der Waals surface area contributed by atoms with Crippen LogP contribution in [0.15, 0.2) is 42.1 Å². The number of likely N-dealkylation sites (tertiary alicyclic amines) is 1. The highest BCUT2D eigenvalue weighted by molar-refractivity contribution is 5.83. The van der Waals surface area contributed by atoms with Gasteiger partial charge in [-0.1, -0.05) is 29.8 Å². The Morgan fingerprint density at radius 3 is 2.85 bits per heavy atom. The van der Waals surface area contributed by atoms with Gasteiger partial charge in [0.25, 0.3) is 0 Å². The van der Waals surface area contributed by atoms with Crippen LogP contribution < -0.4 is 5.32 Å². The highest BCUT2D eigenvalue weighted by atomic mass is 16.2. The van der Waals surface area contributed by atoms with Gasteiger partial charge in [0, 0.05) is 23.6 Å². The molecule has 27 heavy (non-hydrogen) atoms. The van der Waals surface area contributed by atoms with E-state index in [0.29, 0.717) is 12.5 Å². The second-order valence-corrected chi connectivity index (χ2v) is 8.05. The topological polar surface area (TPSA) is 48.1 Å². The second-order valence-electron chi connectivity index (χ2n) is 8.05. The van der Waals surface area contributed by atoms with Crippen molar-refractivity contribution in [2.45, 2.75) is 50.9 Å². The summed E-state index contributed by atoms with van der Waals surface area (Å²) in [5.74, 6) is 0.774. The highest BCUT2D eigenvalue weighted by Crippen LogP contribution is 2.32. The summed E-state index contributed by atoms with van der Waals surface area (Å²) in [5.41, 5.74) is 4.19. The van der Waals surface area contributed by atoms with Crippen molar-refractivity contribution in [2.24, 2.45) is 0 Å². The number of piperidine rings is 1. The van der Waals surface area contributed by atoms with Gasteiger partial charge in [-0.05, 0) is 75.6 Å². The van der Waals surface area contributed by atoms with E-state index in [1.54, 1.807) is 0 Å². The van der Waals surface area contributed by atoms with E-state index < -0.39 is 0 Å². The van der Waals surface area contributed by atoms with E-state index >= 15 is 0 Å². The lowest BCUT2D eigenvalue weighted by molar-refractivity contribution is -0.122. The Morgan fingerprint density at radius 1 is 1.19 bits per heavy atom. The number of fused-ring (bicyclic) bond motifs is 1. The molecule has 1 aromatic carbocycles. The van der Waals surface area contributed by atoms with Gasteiger partial charge in [0.15, 0.2) is 0 Å². The number of aromatic nitrogens is 1. The number of nitrogens with one attached hydrogen (secondary N) is 2. The lowest BCUT2D eigenvalue weighted by Gasteiger charge is -2.31. The van der Waals surface area contributed by atoms with Crippen molar-refractivity contribution in [1.82, 2.24) is 15.2 Å². The van der Waals surface area contributed by atoms with Gasteiger partial charge in [-0.3, -0.25) is 9.69 Å². The largest absolute Gasteiger partial charge is 0.361 e. The van der Waals surface area contributed by atoms with Crippen LogP contribution in [0.5, 0.6) is 0 Å². The third kappa shape index (κ3) is 4.62. The number of aromatic amines is 1. The maximum Gasteiger partial charge on any atom is 0.234 e. The van der Waals surface area contributed by atoms with Crippen LogP contribution in [0.2, 0.25) is 0 Å². The highest BCUT2D eigenvalue weighted by Gasteiger charge is 2.23. The molecule has 1 aliphatic carbocycles. The summed E-state index contributed by atoms with van der Waals surface area (Å²) in [6.07, 6.45) is 12.9. The summed E-state index contributed by atoms with van der Waals surface area (Å²) in [6.45, 7) is 3.33. The Hall–Kier alpha value is -2.07. The lowest BCUT2D eigenvalue weighted by atomic mass is 9.89. The van der Waals surface area contributed by atoms with Gasteiger partial charge in [-0.15, -0.1) is 0 Å². The molecule has 4 rings (SSSR count). The molecule has 1 saturated heterocycles. The molecule has 1 fully saturated rings. The van der Waals surface area contributed by atoms with Crippen LogP contribution in [0, 0.1) is 0 Å². The van der Waals surface area contributed by atoms with Gasteiger partial charge < -0.3 is 10.3 Å². The van der Waals surface area contributed by atoms with Gasteiger partial charge in [0.05, 0.1) is 6.54 Å². The van der Waals surface area contributed by atoms with Crippen molar-refractivity contribution in [3.8, 4) is 0 Å². The fourth-order valence-electron chi connectivity index (χ4n) is 4.59. The van der Waals surface area contributed by atoms with Crippen molar-refractivity contribution in [2.75, 3.05) is 26.2 Å². The first-order chi connectivity index (χ1) is 13.3. The Kier molecular flexibility index (Phi) is 5.93. The van der Waals surface area contributed by atoms with E-state index in [2.05, 4.69) is 51.7 Å². The predicted molar refractivity (Wildman–Crippen MR) is 111 cm³/mol. The van der Waals surface area contributed by atoms with Gasteiger partial charge in [0.1, 0.15) is 0 Å². The first kappa shape index (κ1) is 18.3. The summed E-state index contributed by atoms with van der Waals surface area (Å²) >= 11 is 0. The van der Waals surface area contributed by atoms with Gasteiger partial charge in [-0.25, -0.2) is 0 Å². The molecule has 2 aliphatic rings. The summed E-state index contributed by atoms with van der Waals surface area (Å²) in [6, 6.07) is 8.54. The van der Waals surface area contributed by atoms with E-state index in [4.69, 9.17) is 0 Å². The van der Waals surface area contributed by atoms with Crippen LogP contribution in [0.1, 0.15) is 56.4 Å². The van der Waals surface area contributed by atoms with E-state index in [1.165, 1.54) is 47.7 Å².